The monoisotopic (exact) mass is 352 g/mol. The second kappa shape index (κ2) is 8.53. The number of hydrogen-bond acceptors (Lipinski definition) is 4. The maximum Gasteiger partial charge on any atom is 0.309 e. The van der Waals surface area contributed by atoms with E-state index in [9.17, 15) is 14.5 Å². The summed E-state index contributed by atoms with van der Waals surface area (Å²) in [6.45, 7) is 1.85. The minimum absolute atomic E-state index is 0.243. The lowest BCUT2D eigenvalue weighted by molar-refractivity contribution is -0.144. The fraction of sp³-hybridized carbons (Fsp3) is 0.353. The number of thioether (sulfide) groups is 1. The summed E-state index contributed by atoms with van der Waals surface area (Å²) in [5, 5.41) is 21.5. The zero-order chi connectivity index (χ0) is 16.8. The third kappa shape index (κ3) is 4.60. The largest absolute Gasteiger partial charge is 0.481 e. The maximum absolute atomic E-state index is 12.3. The number of fused-ring (bicyclic) bond motifs is 1. The van der Waals surface area contributed by atoms with Crippen molar-refractivity contribution in [3.63, 3.8) is 0 Å². The van der Waals surface area contributed by atoms with Gasteiger partial charge in [-0.1, -0.05) is 49.7 Å². The Hall–Kier alpha value is -1.29. The highest BCUT2D eigenvalue weighted by atomic mass is 32.2. The van der Waals surface area contributed by atoms with Crippen LogP contribution in [0.2, 0.25) is 0 Å². The third-order valence-corrected chi connectivity index (χ3v) is 7.19. The van der Waals surface area contributed by atoms with E-state index in [-0.39, 0.29) is 5.49 Å². The van der Waals surface area contributed by atoms with Gasteiger partial charge in [-0.15, -0.1) is 11.8 Å². The molecule has 2 aromatic carbocycles. The highest BCUT2D eigenvalue weighted by Gasteiger charge is 2.29. The minimum Gasteiger partial charge on any atom is -0.481 e. The number of aliphatic carboxylic acids is 1. The molecular formula is C17H21O4PS. The fourth-order valence-corrected chi connectivity index (χ4v) is 5.66. The van der Waals surface area contributed by atoms with Crippen LogP contribution >= 0.6 is 19.6 Å². The van der Waals surface area contributed by atoms with Crippen LogP contribution in [0.3, 0.4) is 0 Å². The van der Waals surface area contributed by atoms with E-state index in [1.807, 2.05) is 49.4 Å². The summed E-state index contributed by atoms with van der Waals surface area (Å²) < 4.78 is 12.3. The highest BCUT2D eigenvalue weighted by Crippen LogP contribution is 2.40. The molecule has 0 aromatic heterocycles. The van der Waals surface area contributed by atoms with Gasteiger partial charge in [0.1, 0.15) is 13.6 Å². The van der Waals surface area contributed by atoms with E-state index >= 15 is 0 Å². The predicted molar refractivity (Wildman–Crippen MR) is 95.7 cm³/mol. The molecule has 0 saturated heterocycles. The molecule has 0 heterocycles. The van der Waals surface area contributed by atoms with E-state index in [0.717, 1.165) is 15.7 Å². The molecule has 0 aliphatic carbocycles. The molecule has 0 bridgehead atoms. The van der Waals surface area contributed by atoms with Crippen LogP contribution in [0.5, 0.6) is 0 Å². The first-order chi connectivity index (χ1) is 11.0. The van der Waals surface area contributed by atoms with Crippen LogP contribution in [0, 0.1) is 5.92 Å². The van der Waals surface area contributed by atoms with E-state index in [4.69, 9.17) is 5.11 Å². The number of benzene rings is 2. The van der Waals surface area contributed by atoms with Crippen LogP contribution < -0.4 is 0 Å². The predicted octanol–water partition coefficient (Wildman–Crippen LogP) is 4.27. The minimum atomic E-state index is -2.41. The second-order valence-corrected chi connectivity index (χ2v) is 8.82. The summed E-state index contributed by atoms with van der Waals surface area (Å²) in [7, 11) is -2.41. The Labute approximate surface area is 140 Å². The molecule has 2 aromatic rings. The topological polar surface area (TPSA) is 74.6 Å². The van der Waals surface area contributed by atoms with Crippen LogP contribution in [-0.4, -0.2) is 27.5 Å². The van der Waals surface area contributed by atoms with Gasteiger partial charge in [0.05, 0.1) is 11.4 Å². The summed E-state index contributed by atoms with van der Waals surface area (Å²) in [6, 6.07) is 13.8. The molecule has 0 saturated carbocycles. The molecular weight excluding hydrogens is 331 g/mol. The van der Waals surface area contributed by atoms with Crippen molar-refractivity contribution in [1.29, 1.82) is 0 Å². The van der Waals surface area contributed by atoms with Gasteiger partial charge in [-0.25, -0.2) is 0 Å². The molecule has 0 aliphatic heterocycles. The summed E-state index contributed by atoms with van der Waals surface area (Å²) in [5.74, 6) is -3.28. The zero-order valence-electron chi connectivity index (χ0n) is 12.9. The summed E-state index contributed by atoms with van der Waals surface area (Å²) in [6.07, 6.45) is 0.978. The van der Waals surface area contributed by atoms with E-state index in [2.05, 4.69) is 0 Å². The summed E-state index contributed by atoms with van der Waals surface area (Å²) in [4.78, 5) is 12.2. The Kier molecular flexibility index (Phi) is 6.70. The molecule has 2 N–H and O–H groups in total. The molecule has 0 aliphatic rings. The third-order valence-electron chi connectivity index (χ3n) is 3.75. The van der Waals surface area contributed by atoms with Gasteiger partial charge in [0.2, 0.25) is 0 Å². The Morgan fingerprint density at radius 2 is 1.91 bits per heavy atom. The summed E-state index contributed by atoms with van der Waals surface area (Å²) in [5.41, 5.74) is 0.243. The Morgan fingerprint density at radius 1 is 1.22 bits per heavy atom. The lowest BCUT2D eigenvalue weighted by Crippen LogP contribution is -2.25. The van der Waals surface area contributed by atoms with Crippen molar-refractivity contribution in [3.05, 3.63) is 42.5 Å². The molecule has 0 amide bonds. The van der Waals surface area contributed by atoms with Gasteiger partial charge in [-0.05, 0) is 23.3 Å². The fourth-order valence-electron chi connectivity index (χ4n) is 2.51. The van der Waals surface area contributed by atoms with Crippen molar-refractivity contribution >= 4 is 36.3 Å². The summed E-state index contributed by atoms with van der Waals surface area (Å²) >= 11 is 1.41. The number of hydrogen-bond donors (Lipinski definition) is 2. The second-order valence-electron chi connectivity index (χ2n) is 5.41. The Morgan fingerprint density at radius 3 is 2.61 bits per heavy atom. The standard InChI is InChI=1S/C17H21O4PS/c1-2-6-14(16(18)19)17(20)22(21)11-23-15-10-5-8-12-7-3-4-9-13(12)15/h3-5,7-10,14,17,20,22H,2,6,11H2,1H3,(H,18,19). The van der Waals surface area contributed by atoms with E-state index < -0.39 is 25.5 Å². The number of aliphatic hydroxyl groups is 1. The van der Waals surface area contributed by atoms with Crippen LogP contribution in [0.15, 0.2) is 47.4 Å². The number of rotatable bonds is 8. The van der Waals surface area contributed by atoms with E-state index in [1.165, 1.54) is 11.8 Å². The van der Waals surface area contributed by atoms with Crippen LogP contribution in [0.25, 0.3) is 10.8 Å². The molecule has 3 unspecified atom stereocenters. The molecule has 0 radical (unpaired) electrons. The number of aliphatic hydroxyl groups excluding tert-OH is 1. The van der Waals surface area contributed by atoms with Crippen molar-refractivity contribution in [1.82, 2.24) is 0 Å². The normalized spacial score (nSPS) is 15.2. The van der Waals surface area contributed by atoms with Gasteiger partial charge in [-0.3, -0.25) is 4.79 Å². The van der Waals surface area contributed by atoms with Crippen molar-refractivity contribution in [3.8, 4) is 0 Å². The first kappa shape index (κ1) is 18.1. The van der Waals surface area contributed by atoms with E-state index in [1.54, 1.807) is 0 Å². The highest BCUT2D eigenvalue weighted by molar-refractivity contribution is 8.04. The molecule has 0 fully saturated rings. The number of carboxylic acids is 1. The van der Waals surface area contributed by atoms with Gasteiger partial charge in [0.25, 0.3) is 0 Å². The van der Waals surface area contributed by atoms with Gasteiger partial charge < -0.3 is 14.8 Å². The maximum atomic E-state index is 12.3. The van der Waals surface area contributed by atoms with Crippen LogP contribution in [0.1, 0.15) is 19.8 Å². The molecule has 4 nitrogen and oxygen atoms in total. The van der Waals surface area contributed by atoms with Crippen molar-refractivity contribution in [2.45, 2.75) is 30.5 Å². The molecule has 2 rings (SSSR count). The van der Waals surface area contributed by atoms with Crippen LogP contribution in [0.4, 0.5) is 0 Å². The van der Waals surface area contributed by atoms with Crippen molar-refractivity contribution in [2.75, 3.05) is 5.49 Å². The number of carboxylic acid groups (broad SMARTS) is 1. The molecule has 3 atom stereocenters. The molecule has 6 heteroatoms. The first-order valence-electron chi connectivity index (χ1n) is 7.58. The van der Waals surface area contributed by atoms with Gasteiger partial charge >= 0.3 is 5.97 Å². The number of carbonyl (C=O) groups is 1. The SMILES string of the molecule is CCCC(C(=O)O)C(O)[PH](=O)CSc1cccc2ccccc12. The Balaban J connectivity index is 2.07. The van der Waals surface area contributed by atoms with Gasteiger partial charge in [-0.2, -0.15) is 0 Å². The average Bonchev–Trinajstić information content (AvgIpc) is 2.56. The molecule has 23 heavy (non-hydrogen) atoms. The lowest BCUT2D eigenvalue weighted by atomic mass is 10.1. The smallest absolute Gasteiger partial charge is 0.309 e. The van der Waals surface area contributed by atoms with Gasteiger partial charge in [0, 0.05) is 4.90 Å². The van der Waals surface area contributed by atoms with Crippen molar-refractivity contribution in [2.24, 2.45) is 5.92 Å². The van der Waals surface area contributed by atoms with Gasteiger partial charge in [0.15, 0.2) is 0 Å². The lowest BCUT2D eigenvalue weighted by Gasteiger charge is -2.18. The van der Waals surface area contributed by atoms with E-state index in [0.29, 0.717) is 12.8 Å². The zero-order valence-corrected chi connectivity index (χ0v) is 14.8. The first-order valence-corrected chi connectivity index (χ1v) is 10.3. The van der Waals surface area contributed by atoms with Crippen molar-refractivity contribution < 1.29 is 19.6 Å². The van der Waals surface area contributed by atoms with Crippen LogP contribution in [-0.2, 0) is 9.36 Å². The molecule has 0 spiro atoms. The average molecular weight is 352 g/mol. The quantitative estimate of drug-likeness (QED) is 0.548. The molecule has 124 valence electrons. The Bertz CT molecular complexity index is 699.